The lowest BCUT2D eigenvalue weighted by atomic mass is 10.2. The Bertz CT molecular complexity index is 604. The maximum Gasteiger partial charge on any atom is 0.144 e. The van der Waals surface area contributed by atoms with Gasteiger partial charge < -0.3 is 15.8 Å². The summed E-state index contributed by atoms with van der Waals surface area (Å²) in [6.07, 6.45) is 1.53. The van der Waals surface area contributed by atoms with E-state index in [1.807, 2.05) is 12.1 Å². The highest BCUT2D eigenvalue weighted by Gasteiger charge is 2.02. The Kier molecular flexibility index (Phi) is 3.30. The molecule has 0 aliphatic heterocycles. The van der Waals surface area contributed by atoms with Crippen molar-refractivity contribution >= 4 is 11.4 Å². The summed E-state index contributed by atoms with van der Waals surface area (Å²) in [6.45, 7) is 0. The lowest BCUT2D eigenvalue weighted by Crippen LogP contribution is -1.96. The number of hydrogen-bond acceptors (Lipinski definition) is 5. The van der Waals surface area contributed by atoms with Gasteiger partial charge in [-0.25, -0.2) is 4.98 Å². The zero-order valence-corrected chi connectivity index (χ0v) is 9.84. The minimum Gasteiger partial charge on any atom is -0.457 e. The van der Waals surface area contributed by atoms with E-state index >= 15 is 0 Å². The Labute approximate surface area is 105 Å². The zero-order valence-electron chi connectivity index (χ0n) is 9.84. The molecule has 0 atom stereocenters. The Morgan fingerprint density at radius 2 is 2.06 bits per heavy atom. The summed E-state index contributed by atoms with van der Waals surface area (Å²) in [4.78, 5) is 3.87. The van der Waals surface area contributed by atoms with Gasteiger partial charge in [-0.15, -0.1) is 0 Å². The quantitative estimate of drug-likeness (QED) is 0.804. The first-order valence-electron chi connectivity index (χ1n) is 5.34. The first kappa shape index (κ1) is 11.7. The van der Waals surface area contributed by atoms with E-state index in [9.17, 15) is 0 Å². The maximum absolute atomic E-state index is 8.74. The third-order valence-electron chi connectivity index (χ3n) is 2.37. The van der Waals surface area contributed by atoms with E-state index in [0.717, 1.165) is 5.69 Å². The van der Waals surface area contributed by atoms with E-state index in [1.165, 1.54) is 6.20 Å². The molecule has 0 fully saturated rings. The number of aromatic nitrogens is 1. The fraction of sp³-hybridized carbons (Fsp3) is 0.0769. The van der Waals surface area contributed by atoms with Crippen molar-refractivity contribution in [1.82, 2.24) is 4.98 Å². The van der Waals surface area contributed by atoms with Crippen LogP contribution in [0, 0.1) is 11.3 Å². The number of rotatable bonds is 3. The smallest absolute Gasteiger partial charge is 0.144 e. The van der Waals surface area contributed by atoms with Crippen LogP contribution in [0.5, 0.6) is 11.5 Å². The van der Waals surface area contributed by atoms with Gasteiger partial charge in [0.15, 0.2) is 0 Å². The molecule has 1 aromatic carbocycles. The number of nitrogens with zero attached hydrogens (tertiary/aromatic N) is 2. The molecule has 2 aromatic rings. The monoisotopic (exact) mass is 240 g/mol. The molecule has 0 aliphatic rings. The maximum atomic E-state index is 8.74. The van der Waals surface area contributed by atoms with Crippen LogP contribution in [-0.2, 0) is 0 Å². The van der Waals surface area contributed by atoms with E-state index in [0.29, 0.717) is 22.9 Å². The predicted molar refractivity (Wildman–Crippen MR) is 69.4 cm³/mol. The summed E-state index contributed by atoms with van der Waals surface area (Å²) < 4.78 is 5.60. The first-order valence-corrected chi connectivity index (χ1v) is 5.34. The number of pyridine rings is 1. The average molecular weight is 240 g/mol. The van der Waals surface area contributed by atoms with Crippen molar-refractivity contribution in [3.05, 3.63) is 42.2 Å². The van der Waals surface area contributed by atoms with Gasteiger partial charge in [-0.1, -0.05) is 0 Å². The second kappa shape index (κ2) is 5.06. The largest absolute Gasteiger partial charge is 0.457 e. The highest BCUT2D eigenvalue weighted by Crippen LogP contribution is 2.27. The lowest BCUT2D eigenvalue weighted by Gasteiger charge is -2.09. The minimum atomic E-state index is 0.312. The van der Waals surface area contributed by atoms with Gasteiger partial charge >= 0.3 is 0 Å². The number of nitrogens with two attached hydrogens (primary N) is 1. The highest BCUT2D eigenvalue weighted by molar-refractivity contribution is 5.68. The normalized spacial score (nSPS) is 9.56. The lowest BCUT2D eigenvalue weighted by molar-refractivity contribution is 0.482. The van der Waals surface area contributed by atoms with Crippen molar-refractivity contribution in [2.24, 2.45) is 0 Å². The minimum absolute atomic E-state index is 0.312. The third kappa shape index (κ3) is 2.50. The van der Waals surface area contributed by atoms with Crippen LogP contribution in [0.15, 0.2) is 36.5 Å². The molecule has 0 saturated carbocycles. The van der Waals surface area contributed by atoms with Gasteiger partial charge in [0, 0.05) is 25.4 Å². The molecule has 0 radical (unpaired) electrons. The molecule has 18 heavy (non-hydrogen) atoms. The van der Waals surface area contributed by atoms with Gasteiger partial charge in [0.05, 0.1) is 11.4 Å². The molecular formula is C13H12N4O. The van der Waals surface area contributed by atoms with Gasteiger partial charge in [0.2, 0.25) is 0 Å². The molecule has 1 heterocycles. The van der Waals surface area contributed by atoms with Crippen molar-refractivity contribution in [2.75, 3.05) is 18.1 Å². The van der Waals surface area contributed by atoms with Crippen LogP contribution in [-0.4, -0.2) is 12.0 Å². The van der Waals surface area contributed by atoms with Gasteiger partial charge in [0.1, 0.15) is 23.3 Å². The van der Waals surface area contributed by atoms with Crippen molar-refractivity contribution in [1.29, 1.82) is 5.26 Å². The number of nitriles is 1. The molecule has 0 bridgehead atoms. The summed E-state index contributed by atoms with van der Waals surface area (Å²) >= 11 is 0. The van der Waals surface area contributed by atoms with E-state index in [1.54, 1.807) is 31.3 Å². The van der Waals surface area contributed by atoms with Crippen molar-refractivity contribution in [3.8, 4) is 17.6 Å². The fourth-order valence-electron chi connectivity index (χ4n) is 1.50. The van der Waals surface area contributed by atoms with Crippen LogP contribution in [0.1, 0.15) is 5.69 Å². The van der Waals surface area contributed by atoms with E-state index in [4.69, 9.17) is 15.7 Å². The van der Waals surface area contributed by atoms with Gasteiger partial charge in [0.25, 0.3) is 0 Å². The molecule has 0 saturated heterocycles. The Hall–Kier alpha value is -2.74. The summed E-state index contributed by atoms with van der Waals surface area (Å²) in [7, 11) is 1.80. The van der Waals surface area contributed by atoms with Crippen molar-refractivity contribution < 1.29 is 4.74 Å². The van der Waals surface area contributed by atoms with E-state index in [-0.39, 0.29) is 0 Å². The number of nitrogen functional groups attached to an aromatic ring is 1. The molecule has 90 valence electrons. The Balaban J connectivity index is 2.23. The van der Waals surface area contributed by atoms with Crippen LogP contribution >= 0.6 is 0 Å². The number of nitrogens with one attached hydrogen (secondary N) is 1. The number of ether oxygens (including phenoxy) is 1. The molecule has 0 aliphatic carbocycles. The Morgan fingerprint density at radius 1 is 1.28 bits per heavy atom. The molecule has 5 heteroatoms. The Morgan fingerprint density at radius 3 is 2.72 bits per heavy atom. The topological polar surface area (TPSA) is 84.0 Å². The van der Waals surface area contributed by atoms with Crippen LogP contribution in [0.2, 0.25) is 0 Å². The molecule has 2 rings (SSSR count). The van der Waals surface area contributed by atoms with Gasteiger partial charge in [-0.2, -0.15) is 5.26 Å². The highest BCUT2D eigenvalue weighted by atomic mass is 16.5. The number of benzene rings is 1. The van der Waals surface area contributed by atoms with Crippen molar-refractivity contribution in [3.63, 3.8) is 0 Å². The molecule has 1 aromatic heterocycles. The van der Waals surface area contributed by atoms with Crippen LogP contribution in [0.3, 0.4) is 0 Å². The SMILES string of the molecule is CNc1ccc(Oc2ccnc(C#N)c2)cc1N. The fourth-order valence-corrected chi connectivity index (χ4v) is 1.50. The number of anilines is 2. The second-order valence-corrected chi connectivity index (χ2v) is 3.59. The standard InChI is InChI=1S/C13H12N4O/c1-16-13-3-2-10(7-12(13)15)18-11-4-5-17-9(6-11)8-14/h2-7,16H,15H2,1H3. The summed E-state index contributed by atoms with van der Waals surface area (Å²) in [5, 5.41) is 11.7. The zero-order chi connectivity index (χ0) is 13.0. The van der Waals surface area contributed by atoms with Crippen LogP contribution in [0.25, 0.3) is 0 Å². The van der Waals surface area contributed by atoms with E-state index in [2.05, 4.69) is 10.3 Å². The molecule has 0 amide bonds. The van der Waals surface area contributed by atoms with Crippen LogP contribution < -0.4 is 15.8 Å². The van der Waals surface area contributed by atoms with Crippen molar-refractivity contribution in [2.45, 2.75) is 0 Å². The number of hydrogen-bond donors (Lipinski definition) is 2. The molecular weight excluding hydrogens is 228 g/mol. The second-order valence-electron chi connectivity index (χ2n) is 3.59. The third-order valence-corrected chi connectivity index (χ3v) is 2.37. The van der Waals surface area contributed by atoms with Gasteiger partial charge in [-0.05, 0) is 18.2 Å². The molecule has 3 N–H and O–H groups in total. The summed E-state index contributed by atoms with van der Waals surface area (Å²) in [5.74, 6) is 1.17. The molecule has 0 spiro atoms. The molecule has 0 unspecified atom stereocenters. The predicted octanol–water partition coefficient (Wildman–Crippen LogP) is 2.37. The van der Waals surface area contributed by atoms with E-state index < -0.39 is 0 Å². The van der Waals surface area contributed by atoms with Gasteiger partial charge in [-0.3, -0.25) is 0 Å². The summed E-state index contributed by atoms with van der Waals surface area (Å²) in [5.41, 5.74) is 7.59. The summed E-state index contributed by atoms with van der Waals surface area (Å²) in [6, 6.07) is 10.6. The average Bonchev–Trinajstić information content (AvgIpc) is 2.39. The van der Waals surface area contributed by atoms with Crippen LogP contribution in [0.4, 0.5) is 11.4 Å². The molecule has 5 nitrogen and oxygen atoms in total. The first-order chi connectivity index (χ1) is 8.72.